The number of hydrogen-bond donors (Lipinski definition) is 1. The fraction of sp³-hybridized carbons (Fsp3) is 0.750. The fourth-order valence-corrected chi connectivity index (χ4v) is 3.27. The van der Waals surface area contributed by atoms with Gasteiger partial charge in [0.25, 0.3) is 0 Å². The summed E-state index contributed by atoms with van der Waals surface area (Å²) in [6.07, 6.45) is 3.83. The first-order chi connectivity index (χ1) is 10.1. The Labute approximate surface area is 128 Å². The van der Waals surface area contributed by atoms with Crippen LogP contribution in [0.1, 0.15) is 32.8 Å². The van der Waals surface area contributed by atoms with Crippen LogP contribution in [0, 0.1) is 5.92 Å². The van der Waals surface area contributed by atoms with E-state index in [1.165, 1.54) is 5.56 Å². The molecule has 118 valence electrons. The van der Waals surface area contributed by atoms with Gasteiger partial charge in [-0.2, -0.15) is 0 Å². The molecule has 1 aromatic rings. The number of hydrogen-bond acceptors (Lipinski definition) is 5. The molecule has 1 aliphatic rings. The Morgan fingerprint density at radius 1 is 1.29 bits per heavy atom. The third kappa shape index (κ3) is 3.46. The van der Waals surface area contributed by atoms with Crippen molar-refractivity contribution >= 4 is 11.6 Å². The Morgan fingerprint density at radius 3 is 2.62 bits per heavy atom. The van der Waals surface area contributed by atoms with Crippen molar-refractivity contribution in [3.05, 3.63) is 11.9 Å². The van der Waals surface area contributed by atoms with Gasteiger partial charge in [-0.25, -0.2) is 9.97 Å². The Bertz CT molecular complexity index is 460. The Balaban J connectivity index is 2.29. The van der Waals surface area contributed by atoms with Crippen LogP contribution in [0.3, 0.4) is 0 Å². The molecule has 1 N–H and O–H groups in total. The Morgan fingerprint density at radius 2 is 2.05 bits per heavy atom. The molecule has 5 nitrogen and oxygen atoms in total. The molecule has 1 aromatic heterocycles. The van der Waals surface area contributed by atoms with Crippen LogP contribution in [0.2, 0.25) is 0 Å². The van der Waals surface area contributed by atoms with Crippen molar-refractivity contribution in [1.29, 1.82) is 0 Å². The predicted molar refractivity (Wildman–Crippen MR) is 89.0 cm³/mol. The summed E-state index contributed by atoms with van der Waals surface area (Å²) in [6, 6.07) is 0.594. The van der Waals surface area contributed by atoms with Gasteiger partial charge in [0.15, 0.2) is 0 Å². The van der Waals surface area contributed by atoms with Gasteiger partial charge in [-0.3, -0.25) is 0 Å². The number of rotatable bonds is 6. The van der Waals surface area contributed by atoms with Crippen molar-refractivity contribution in [2.45, 2.75) is 39.7 Å². The molecule has 0 saturated carbocycles. The van der Waals surface area contributed by atoms with Crippen molar-refractivity contribution in [2.24, 2.45) is 5.92 Å². The van der Waals surface area contributed by atoms with Crippen LogP contribution >= 0.6 is 0 Å². The maximum Gasteiger partial charge on any atom is 0.137 e. The molecule has 1 saturated heterocycles. The second kappa shape index (κ2) is 7.07. The van der Waals surface area contributed by atoms with Crippen LogP contribution in [0.15, 0.2) is 6.33 Å². The summed E-state index contributed by atoms with van der Waals surface area (Å²) in [5.74, 6) is 2.79. The fourth-order valence-electron chi connectivity index (χ4n) is 3.27. The van der Waals surface area contributed by atoms with E-state index in [0.717, 1.165) is 44.1 Å². The van der Waals surface area contributed by atoms with Crippen molar-refractivity contribution in [3.8, 4) is 0 Å². The van der Waals surface area contributed by atoms with Gasteiger partial charge >= 0.3 is 0 Å². The molecule has 1 fully saturated rings. The molecule has 2 heterocycles. The molecule has 21 heavy (non-hydrogen) atoms. The van der Waals surface area contributed by atoms with Crippen molar-refractivity contribution < 1.29 is 0 Å². The minimum absolute atomic E-state index is 0.594. The van der Waals surface area contributed by atoms with Crippen LogP contribution in [0.25, 0.3) is 0 Å². The second-order valence-electron chi connectivity index (χ2n) is 6.22. The molecular formula is C16H29N5. The summed E-state index contributed by atoms with van der Waals surface area (Å²) < 4.78 is 0. The van der Waals surface area contributed by atoms with Gasteiger partial charge in [-0.1, -0.05) is 20.3 Å². The van der Waals surface area contributed by atoms with Crippen LogP contribution in [-0.2, 0) is 6.42 Å². The molecule has 0 radical (unpaired) electrons. The zero-order valence-corrected chi connectivity index (χ0v) is 14.1. The lowest BCUT2D eigenvalue weighted by atomic mass is 10.1. The molecule has 0 bridgehead atoms. The second-order valence-corrected chi connectivity index (χ2v) is 6.22. The van der Waals surface area contributed by atoms with Crippen molar-refractivity contribution in [3.63, 3.8) is 0 Å². The highest BCUT2D eigenvalue weighted by molar-refractivity contribution is 5.59. The third-order valence-corrected chi connectivity index (χ3v) is 4.30. The summed E-state index contributed by atoms with van der Waals surface area (Å²) in [4.78, 5) is 13.8. The van der Waals surface area contributed by atoms with Gasteiger partial charge in [0.1, 0.15) is 18.0 Å². The summed E-state index contributed by atoms with van der Waals surface area (Å²) >= 11 is 0. The van der Waals surface area contributed by atoms with Gasteiger partial charge in [0.2, 0.25) is 0 Å². The lowest BCUT2D eigenvalue weighted by Gasteiger charge is -2.24. The van der Waals surface area contributed by atoms with Gasteiger partial charge < -0.3 is 15.1 Å². The summed E-state index contributed by atoms with van der Waals surface area (Å²) in [5.41, 5.74) is 1.27. The highest BCUT2D eigenvalue weighted by Gasteiger charge is 2.33. The number of nitrogens with zero attached hydrogens (tertiary/aromatic N) is 4. The highest BCUT2D eigenvalue weighted by Crippen LogP contribution is 2.30. The van der Waals surface area contributed by atoms with Gasteiger partial charge in [-0.05, 0) is 33.4 Å². The van der Waals surface area contributed by atoms with E-state index in [2.05, 4.69) is 60.0 Å². The average molecular weight is 291 g/mol. The maximum absolute atomic E-state index is 4.61. The summed E-state index contributed by atoms with van der Waals surface area (Å²) in [7, 11) is 4.34. The number of anilines is 2. The largest absolute Gasteiger partial charge is 0.370 e. The molecule has 0 aliphatic carbocycles. The zero-order chi connectivity index (χ0) is 15.4. The van der Waals surface area contributed by atoms with E-state index in [9.17, 15) is 0 Å². The molecule has 2 atom stereocenters. The molecule has 5 heteroatoms. The molecule has 0 aromatic carbocycles. The number of nitrogens with one attached hydrogen (secondary N) is 1. The molecule has 1 aliphatic heterocycles. The van der Waals surface area contributed by atoms with Crippen LogP contribution in [-0.4, -0.2) is 54.6 Å². The average Bonchev–Trinajstić information content (AvgIpc) is 2.83. The lowest BCUT2D eigenvalue weighted by Crippen LogP contribution is -2.34. The molecule has 2 rings (SSSR count). The van der Waals surface area contributed by atoms with E-state index in [4.69, 9.17) is 0 Å². The predicted octanol–water partition coefficient (Wildman–Crippen LogP) is 2.25. The standard InChI is InChI=1S/C16H29N5/c1-6-8-13-15(17-7-2)18-11-19-16(13)21-9-12(3)14(10-21)20(4)5/h11-12,14H,6-10H2,1-5H3,(H,17,18,19). The topological polar surface area (TPSA) is 44.3 Å². The van der Waals surface area contributed by atoms with Crippen molar-refractivity contribution in [2.75, 3.05) is 43.9 Å². The minimum Gasteiger partial charge on any atom is -0.370 e. The Hall–Kier alpha value is -1.36. The number of likely N-dealkylation sites (N-methyl/N-ethyl adjacent to an activating group) is 1. The van der Waals surface area contributed by atoms with Crippen LogP contribution in [0.4, 0.5) is 11.6 Å². The quantitative estimate of drug-likeness (QED) is 0.871. The monoisotopic (exact) mass is 291 g/mol. The molecular weight excluding hydrogens is 262 g/mol. The Kier molecular flexibility index (Phi) is 5.39. The third-order valence-electron chi connectivity index (χ3n) is 4.30. The highest BCUT2D eigenvalue weighted by atomic mass is 15.3. The van der Waals surface area contributed by atoms with E-state index in [1.807, 2.05) is 0 Å². The molecule has 0 amide bonds. The SMILES string of the molecule is CCCc1c(NCC)ncnc1N1CC(C)C(N(C)C)C1. The van der Waals surface area contributed by atoms with Crippen molar-refractivity contribution in [1.82, 2.24) is 14.9 Å². The van der Waals surface area contributed by atoms with Gasteiger partial charge in [0.05, 0.1) is 0 Å². The van der Waals surface area contributed by atoms with Crippen LogP contribution < -0.4 is 10.2 Å². The normalized spacial score (nSPS) is 22.1. The number of aromatic nitrogens is 2. The zero-order valence-electron chi connectivity index (χ0n) is 14.1. The summed E-state index contributed by atoms with van der Waals surface area (Å²) in [5, 5.41) is 3.38. The van der Waals surface area contributed by atoms with Gasteiger partial charge in [0, 0.05) is 31.2 Å². The van der Waals surface area contributed by atoms with E-state index in [1.54, 1.807) is 6.33 Å². The van der Waals surface area contributed by atoms with Gasteiger partial charge in [-0.15, -0.1) is 0 Å². The van der Waals surface area contributed by atoms with E-state index < -0.39 is 0 Å². The first-order valence-corrected chi connectivity index (χ1v) is 8.07. The van der Waals surface area contributed by atoms with Crippen LogP contribution in [0.5, 0.6) is 0 Å². The minimum atomic E-state index is 0.594. The smallest absolute Gasteiger partial charge is 0.137 e. The lowest BCUT2D eigenvalue weighted by molar-refractivity contribution is 0.266. The molecule has 2 unspecified atom stereocenters. The summed E-state index contributed by atoms with van der Waals surface area (Å²) in [6.45, 7) is 9.66. The first-order valence-electron chi connectivity index (χ1n) is 8.07. The van der Waals surface area contributed by atoms with E-state index in [-0.39, 0.29) is 0 Å². The van der Waals surface area contributed by atoms with E-state index in [0.29, 0.717) is 12.0 Å². The molecule has 0 spiro atoms. The maximum atomic E-state index is 4.61. The van der Waals surface area contributed by atoms with E-state index >= 15 is 0 Å². The first kappa shape index (κ1) is 16.0.